The lowest BCUT2D eigenvalue weighted by Crippen LogP contribution is -2.64. The summed E-state index contributed by atoms with van der Waals surface area (Å²) >= 11 is 0. The van der Waals surface area contributed by atoms with Gasteiger partial charge in [-0.3, -0.25) is 0 Å². The Balaban J connectivity index is 2.22. The molecule has 1 aromatic rings. The van der Waals surface area contributed by atoms with Crippen LogP contribution in [-0.4, -0.2) is 31.3 Å². The number of piperazine rings is 1. The lowest BCUT2D eigenvalue weighted by atomic mass is 9.89. The van der Waals surface area contributed by atoms with E-state index in [2.05, 4.69) is 62.2 Å². The van der Waals surface area contributed by atoms with Gasteiger partial charge in [0.2, 0.25) is 0 Å². The molecule has 0 aliphatic carbocycles. The summed E-state index contributed by atoms with van der Waals surface area (Å²) in [6.45, 7) is 14.0. The van der Waals surface area contributed by atoms with Gasteiger partial charge in [-0.25, -0.2) is 0 Å². The summed E-state index contributed by atoms with van der Waals surface area (Å²) in [5.41, 5.74) is 1.50. The molecular formula is C18H30N2O. The van der Waals surface area contributed by atoms with Gasteiger partial charge in [0.25, 0.3) is 0 Å². The number of anilines is 1. The molecule has 1 N–H and O–H groups in total. The Morgan fingerprint density at radius 2 is 1.95 bits per heavy atom. The third kappa shape index (κ3) is 3.70. The predicted molar refractivity (Wildman–Crippen MR) is 90.3 cm³/mol. The average molecular weight is 290 g/mol. The number of benzene rings is 1. The van der Waals surface area contributed by atoms with Crippen molar-refractivity contribution in [3.05, 3.63) is 24.3 Å². The Morgan fingerprint density at radius 1 is 1.29 bits per heavy atom. The molecule has 0 radical (unpaired) electrons. The van der Waals surface area contributed by atoms with Gasteiger partial charge in [0.05, 0.1) is 6.61 Å². The molecule has 2 rings (SSSR count). The Labute approximate surface area is 129 Å². The van der Waals surface area contributed by atoms with Crippen molar-refractivity contribution in [1.29, 1.82) is 0 Å². The molecule has 21 heavy (non-hydrogen) atoms. The molecule has 1 aromatic carbocycles. The molecule has 1 heterocycles. The maximum atomic E-state index is 5.55. The molecule has 3 nitrogen and oxygen atoms in total. The minimum absolute atomic E-state index is 0.198. The highest BCUT2D eigenvalue weighted by Gasteiger charge is 2.35. The number of hydrogen-bond donors (Lipinski definition) is 1. The summed E-state index contributed by atoms with van der Waals surface area (Å²) in [6.07, 6.45) is 1.14. The number of nitrogens with one attached hydrogen (secondary N) is 1. The highest BCUT2D eigenvalue weighted by Crippen LogP contribution is 2.29. The molecule has 118 valence electrons. The van der Waals surface area contributed by atoms with Crippen LogP contribution >= 0.6 is 0 Å². The largest absolute Gasteiger partial charge is 0.494 e. The highest BCUT2D eigenvalue weighted by molar-refractivity contribution is 5.51. The van der Waals surface area contributed by atoms with Crippen molar-refractivity contribution in [1.82, 2.24) is 5.32 Å². The first-order valence-corrected chi connectivity index (χ1v) is 8.23. The van der Waals surface area contributed by atoms with Crippen LogP contribution in [0.5, 0.6) is 5.75 Å². The van der Waals surface area contributed by atoms with Crippen molar-refractivity contribution in [2.75, 3.05) is 24.6 Å². The lowest BCUT2D eigenvalue weighted by Gasteiger charge is -2.48. The molecule has 0 bridgehead atoms. The first-order chi connectivity index (χ1) is 9.99. The van der Waals surface area contributed by atoms with Gasteiger partial charge in [0.15, 0.2) is 0 Å². The second kappa shape index (κ2) is 6.69. The van der Waals surface area contributed by atoms with Gasteiger partial charge in [-0.15, -0.1) is 0 Å². The Kier molecular flexibility index (Phi) is 5.15. The van der Waals surface area contributed by atoms with Gasteiger partial charge in [-0.1, -0.05) is 20.8 Å². The summed E-state index contributed by atoms with van der Waals surface area (Å²) in [4.78, 5) is 2.57. The fourth-order valence-corrected chi connectivity index (χ4v) is 3.03. The predicted octanol–water partition coefficient (Wildman–Crippen LogP) is 3.69. The highest BCUT2D eigenvalue weighted by atomic mass is 16.5. The molecule has 1 aliphatic rings. The van der Waals surface area contributed by atoms with Crippen LogP contribution in [0.4, 0.5) is 5.69 Å². The number of ether oxygens (including phenoxy) is 1. The maximum Gasteiger partial charge on any atom is 0.119 e. The molecule has 2 atom stereocenters. The van der Waals surface area contributed by atoms with E-state index in [0.717, 1.165) is 31.9 Å². The van der Waals surface area contributed by atoms with Crippen LogP contribution < -0.4 is 15.0 Å². The second-order valence-corrected chi connectivity index (χ2v) is 6.66. The minimum Gasteiger partial charge on any atom is -0.494 e. The molecule has 3 heteroatoms. The molecule has 0 aromatic heterocycles. The molecule has 1 aliphatic heterocycles. The Bertz CT molecular complexity index is 443. The molecule has 1 saturated heterocycles. The lowest BCUT2D eigenvalue weighted by molar-refractivity contribution is 0.253. The van der Waals surface area contributed by atoms with Crippen LogP contribution in [0.1, 0.15) is 41.0 Å². The summed E-state index contributed by atoms with van der Waals surface area (Å²) in [5, 5.41) is 3.74. The fraction of sp³-hybridized carbons (Fsp3) is 0.667. The van der Waals surface area contributed by atoms with E-state index in [9.17, 15) is 0 Å². The smallest absolute Gasteiger partial charge is 0.119 e. The Hall–Kier alpha value is -1.22. The SMILES string of the molecule is CCOc1ccc(N2CC(C)(CC)NCC2C(C)C)cc1. The molecule has 0 spiro atoms. The van der Waals surface area contributed by atoms with Crippen LogP contribution in [0.2, 0.25) is 0 Å². The van der Waals surface area contributed by atoms with Crippen LogP contribution in [0.3, 0.4) is 0 Å². The standard InChI is InChI=1S/C18H30N2O/c1-6-18(5)13-20(17(12-19-18)14(3)4)15-8-10-16(11-9-15)21-7-2/h8-11,14,17,19H,6-7,12-13H2,1-5H3. The maximum absolute atomic E-state index is 5.55. The van der Waals surface area contributed by atoms with E-state index in [0.29, 0.717) is 12.0 Å². The molecule has 0 amide bonds. The summed E-state index contributed by atoms with van der Waals surface area (Å²) in [5.74, 6) is 1.58. The van der Waals surface area contributed by atoms with Crippen molar-refractivity contribution < 1.29 is 4.74 Å². The van der Waals surface area contributed by atoms with E-state index in [4.69, 9.17) is 4.74 Å². The topological polar surface area (TPSA) is 24.5 Å². The van der Waals surface area contributed by atoms with Gasteiger partial charge >= 0.3 is 0 Å². The van der Waals surface area contributed by atoms with Crippen molar-refractivity contribution in [2.45, 2.75) is 52.6 Å². The summed E-state index contributed by atoms with van der Waals surface area (Å²) < 4.78 is 5.55. The average Bonchev–Trinajstić information content (AvgIpc) is 2.48. The van der Waals surface area contributed by atoms with Crippen molar-refractivity contribution in [2.24, 2.45) is 5.92 Å². The van der Waals surface area contributed by atoms with Gasteiger partial charge in [0, 0.05) is 30.4 Å². The van der Waals surface area contributed by atoms with Crippen molar-refractivity contribution >= 4 is 5.69 Å². The van der Waals surface area contributed by atoms with E-state index in [1.165, 1.54) is 5.69 Å². The molecule has 2 unspecified atom stereocenters. The molecular weight excluding hydrogens is 260 g/mol. The van der Waals surface area contributed by atoms with Crippen LogP contribution in [0.15, 0.2) is 24.3 Å². The van der Waals surface area contributed by atoms with Gasteiger partial charge < -0.3 is 15.0 Å². The zero-order valence-corrected chi connectivity index (χ0v) is 14.1. The van der Waals surface area contributed by atoms with E-state index in [1.54, 1.807) is 0 Å². The van der Waals surface area contributed by atoms with E-state index >= 15 is 0 Å². The van der Waals surface area contributed by atoms with Crippen LogP contribution in [0, 0.1) is 5.92 Å². The fourth-order valence-electron chi connectivity index (χ4n) is 3.03. The van der Waals surface area contributed by atoms with Gasteiger partial charge in [-0.2, -0.15) is 0 Å². The third-order valence-electron chi connectivity index (χ3n) is 4.69. The van der Waals surface area contributed by atoms with Gasteiger partial charge in [-0.05, 0) is 50.5 Å². The number of nitrogens with zero attached hydrogens (tertiary/aromatic N) is 1. The zero-order chi connectivity index (χ0) is 15.5. The number of hydrogen-bond acceptors (Lipinski definition) is 3. The van der Waals surface area contributed by atoms with Crippen molar-refractivity contribution in [3.63, 3.8) is 0 Å². The van der Waals surface area contributed by atoms with E-state index < -0.39 is 0 Å². The summed E-state index contributed by atoms with van der Waals surface area (Å²) in [7, 11) is 0. The molecule has 1 fully saturated rings. The van der Waals surface area contributed by atoms with E-state index in [-0.39, 0.29) is 5.54 Å². The summed E-state index contributed by atoms with van der Waals surface area (Å²) in [6, 6.07) is 9.11. The zero-order valence-electron chi connectivity index (χ0n) is 14.1. The van der Waals surface area contributed by atoms with Gasteiger partial charge in [0.1, 0.15) is 5.75 Å². The minimum atomic E-state index is 0.198. The normalized spacial score (nSPS) is 26.2. The first kappa shape index (κ1) is 16.2. The second-order valence-electron chi connectivity index (χ2n) is 6.66. The quantitative estimate of drug-likeness (QED) is 0.895. The Morgan fingerprint density at radius 3 is 2.48 bits per heavy atom. The molecule has 0 saturated carbocycles. The van der Waals surface area contributed by atoms with E-state index in [1.807, 2.05) is 6.92 Å². The monoisotopic (exact) mass is 290 g/mol. The van der Waals surface area contributed by atoms with Crippen LogP contribution in [0.25, 0.3) is 0 Å². The number of rotatable bonds is 5. The van der Waals surface area contributed by atoms with Crippen LogP contribution in [-0.2, 0) is 0 Å². The van der Waals surface area contributed by atoms with Crippen molar-refractivity contribution in [3.8, 4) is 5.75 Å². The third-order valence-corrected chi connectivity index (χ3v) is 4.69. The first-order valence-electron chi connectivity index (χ1n) is 8.23.